The SMILES string of the molecule is Cc1ccc2nc(SCC(=O)N3CC[C@@](C)(O)[C@@H](O)C3)[nH]c2c1. The van der Waals surface area contributed by atoms with Crippen LogP contribution < -0.4 is 0 Å². The molecule has 1 aromatic carbocycles. The van der Waals surface area contributed by atoms with Gasteiger partial charge in [-0.15, -0.1) is 0 Å². The molecule has 3 rings (SSSR count). The Morgan fingerprint density at radius 3 is 3.09 bits per heavy atom. The van der Waals surface area contributed by atoms with E-state index in [1.54, 1.807) is 11.8 Å². The van der Waals surface area contributed by atoms with Crippen LogP contribution in [-0.2, 0) is 4.79 Å². The molecule has 6 nitrogen and oxygen atoms in total. The van der Waals surface area contributed by atoms with Crippen molar-refractivity contribution in [1.29, 1.82) is 0 Å². The number of hydrogen-bond donors (Lipinski definition) is 3. The molecule has 0 radical (unpaired) electrons. The Morgan fingerprint density at radius 2 is 2.35 bits per heavy atom. The highest BCUT2D eigenvalue weighted by Gasteiger charge is 2.37. The Labute approximate surface area is 138 Å². The number of β-amino-alcohol motifs (C(OH)–C–C–N with tert-alkyl or cyclic N) is 1. The first-order chi connectivity index (χ1) is 10.8. The van der Waals surface area contributed by atoms with Crippen molar-refractivity contribution >= 4 is 28.7 Å². The molecule has 1 saturated heterocycles. The average Bonchev–Trinajstić information content (AvgIpc) is 2.89. The van der Waals surface area contributed by atoms with E-state index >= 15 is 0 Å². The highest BCUT2D eigenvalue weighted by molar-refractivity contribution is 7.99. The van der Waals surface area contributed by atoms with E-state index in [0.29, 0.717) is 18.1 Å². The first-order valence-electron chi connectivity index (χ1n) is 7.62. The van der Waals surface area contributed by atoms with Gasteiger partial charge in [-0.1, -0.05) is 17.8 Å². The third-order valence-corrected chi connectivity index (χ3v) is 5.16. The van der Waals surface area contributed by atoms with Crippen molar-refractivity contribution < 1.29 is 15.0 Å². The number of thioether (sulfide) groups is 1. The summed E-state index contributed by atoms with van der Waals surface area (Å²) in [7, 11) is 0. The number of likely N-dealkylation sites (tertiary alicyclic amines) is 1. The van der Waals surface area contributed by atoms with E-state index in [2.05, 4.69) is 9.97 Å². The van der Waals surface area contributed by atoms with Gasteiger partial charge in [0, 0.05) is 13.1 Å². The number of aromatic amines is 1. The maximum absolute atomic E-state index is 12.3. The molecule has 1 aromatic heterocycles. The van der Waals surface area contributed by atoms with Gasteiger partial charge in [-0.2, -0.15) is 0 Å². The number of aromatic nitrogens is 2. The lowest BCUT2D eigenvalue weighted by atomic mass is 9.91. The standard InChI is InChI=1S/C16H21N3O3S/c1-10-3-4-11-12(7-10)18-15(17-11)23-9-14(21)19-6-5-16(2,22)13(20)8-19/h3-4,7,13,20,22H,5-6,8-9H2,1-2H3,(H,17,18)/t13-,16+/m0/s1. The number of H-pyrrole nitrogens is 1. The summed E-state index contributed by atoms with van der Waals surface area (Å²) >= 11 is 1.35. The summed E-state index contributed by atoms with van der Waals surface area (Å²) in [6.45, 7) is 4.26. The quantitative estimate of drug-likeness (QED) is 0.736. The molecule has 0 bridgehead atoms. The lowest BCUT2D eigenvalue weighted by Crippen LogP contribution is -2.55. The van der Waals surface area contributed by atoms with Crippen LogP contribution >= 0.6 is 11.8 Å². The highest BCUT2D eigenvalue weighted by Crippen LogP contribution is 2.24. The monoisotopic (exact) mass is 335 g/mol. The Balaban J connectivity index is 1.60. The van der Waals surface area contributed by atoms with E-state index in [1.165, 1.54) is 11.8 Å². The first kappa shape index (κ1) is 16.3. The fraction of sp³-hybridized carbons (Fsp3) is 0.500. The number of carbonyl (C=O) groups is 1. The smallest absolute Gasteiger partial charge is 0.233 e. The van der Waals surface area contributed by atoms with E-state index in [-0.39, 0.29) is 18.2 Å². The number of fused-ring (bicyclic) bond motifs is 1. The largest absolute Gasteiger partial charge is 0.388 e. The number of piperidine rings is 1. The molecule has 7 heteroatoms. The summed E-state index contributed by atoms with van der Waals surface area (Å²) in [6, 6.07) is 5.98. The second-order valence-electron chi connectivity index (χ2n) is 6.31. The van der Waals surface area contributed by atoms with Crippen molar-refractivity contribution in [1.82, 2.24) is 14.9 Å². The van der Waals surface area contributed by atoms with Crippen molar-refractivity contribution in [3.8, 4) is 0 Å². The number of aryl methyl sites for hydroxylation is 1. The third kappa shape index (κ3) is 3.52. The van der Waals surface area contributed by atoms with Crippen LogP contribution in [0.15, 0.2) is 23.4 Å². The normalized spacial score (nSPS) is 25.0. The van der Waals surface area contributed by atoms with Crippen LogP contribution in [0.3, 0.4) is 0 Å². The van der Waals surface area contributed by atoms with Crippen molar-refractivity contribution in [2.75, 3.05) is 18.8 Å². The van der Waals surface area contributed by atoms with Gasteiger partial charge in [0.05, 0.1) is 28.5 Å². The molecular formula is C16H21N3O3S. The Bertz CT molecular complexity index is 728. The van der Waals surface area contributed by atoms with Crippen LogP contribution in [0.2, 0.25) is 0 Å². The zero-order chi connectivity index (χ0) is 16.6. The molecule has 3 N–H and O–H groups in total. The maximum atomic E-state index is 12.3. The topological polar surface area (TPSA) is 89.5 Å². The number of nitrogens with zero attached hydrogens (tertiary/aromatic N) is 2. The van der Waals surface area contributed by atoms with Crippen molar-refractivity contribution in [3.63, 3.8) is 0 Å². The van der Waals surface area contributed by atoms with Gasteiger partial charge in [0.2, 0.25) is 5.91 Å². The van der Waals surface area contributed by atoms with Gasteiger partial charge < -0.3 is 20.1 Å². The van der Waals surface area contributed by atoms with Gasteiger partial charge in [0.15, 0.2) is 5.16 Å². The van der Waals surface area contributed by atoms with Crippen molar-refractivity contribution in [2.24, 2.45) is 0 Å². The van der Waals surface area contributed by atoms with Gasteiger partial charge in [-0.25, -0.2) is 4.98 Å². The fourth-order valence-corrected chi connectivity index (χ4v) is 3.43. The molecule has 1 aliphatic heterocycles. The second-order valence-corrected chi connectivity index (χ2v) is 7.28. The molecule has 0 unspecified atom stereocenters. The molecule has 2 aromatic rings. The Kier molecular flexibility index (Phi) is 4.35. The molecular weight excluding hydrogens is 314 g/mol. The lowest BCUT2D eigenvalue weighted by molar-refractivity contribution is -0.143. The van der Waals surface area contributed by atoms with E-state index < -0.39 is 11.7 Å². The van der Waals surface area contributed by atoms with Crippen molar-refractivity contribution in [3.05, 3.63) is 23.8 Å². The number of aliphatic hydroxyl groups is 2. The number of rotatable bonds is 3. The number of amides is 1. The van der Waals surface area contributed by atoms with Crippen LogP contribution in [-0.4, -0.2) is 61.5 Å². The Hall–Kier alpha value is -1.57. The number of benzene rings is 1. The minimum atomic E-state index is -1.11. The summed E-state index contributed by atoms with van der Waals surface area (Å²) in [5.41, 5.74) is 1.89. The van der Waals surface area contributed by atoms with Gasteiger partial charge in [-0.3, -0.25) is 4.79 Å². The highest BCUT2D eigenvalue weighted by atomic mass is 32.2. The fourth-order valence-electron chi connectivity index (χ4n) is 2.64. The number of nitrogens with one attached hydrogen (secondary N) is 1. The summed E-state index contributed by atoms with van der Waals surface area (Å²) in [4.78, 5) is 21.5. The van der Waals surface area contributed by atoms with Crippen LogP contribution in [0.4, 0.5) is 0 Å². The van der Waals surface area contributed by atoms with Crippen molar-refractivity contribution in [2.45, 2.75) is 37.1 Å². The molecule has 1 amide bonds. The number of aliphatic hydroxyl groups excluding tert-OH is 1. The Morgan fingerprint density at radius 1 is 1.57 bits per heavy atom. The molecule has 1 fully saturated rings. The second kappa shape index (κ2) is 6.14. The predicted molar refractivity (Wildman–Crippen MR) is 89.4 cm³/mol. The zero-order valence-electron chi connectivity index (χ0n) is 13.2. The zero-order valence-corrected chi connectivity index (χ0v) is 14.1. The average molecular weight is 335 g/mol. The van der Waals surface area contributed by atoms with Gasteiger partial charge in [0.1, 0.15) is 0 Å². The summed E-state index contributed by atoms with van der Waals surface area (Å²) in [5.74, 6) is 0.203. The number of imidazole rings is 1. The number of carbonyl (C=O) groups excluding carboxylic acids is 1. The number of hydrogen-bond acceptors (Lipinski definition) is 5. The minimum Gasteiger partial charge on any atom is -0.388 e. The predicted octanol–water partition coefficient (Wildman–Crippen LogP) is 1.31. The molecule has 0 aliphatic carbocycles. The first-order valence-corrected chi connectivity index (χ1v) is 8.61. The van der Waals surface area contributed by atoms with Gasteiger partial charge >= 0.3 is 0 Å². The van der Waals surface area contributed by atoms with Crippen LogP contribution in [0.5, 0.6) is 0 Å². The van der Waals surface area contributed by atoms with E-state index in [1.807, 2.05) is 25.1 Å². The lowest BCUT2D eigenvalue weighted by Gasteiger charge is -2.39. The van der Waals surface area contributed by atoms with Crippen LogP contribution in [0.25, 0.3) is 11.0 Å². The molecule has 0 saturated carbocycles. The van der Waals surface area contributed by atoms with Gasteiger partial charge in [-0.05, 0) is 38.0 Å². The molecule has 0 spiro atoms. The van der Waals surface area contributed by atoms with E-state index in [4.69, 9.17) is 0 Å². The van der Waals surface area contributed by atoms with Gasteiger partial charge in [0.25, 0.3) is 0 Å². The minimum absolute atomic E-state index is 0.0545. The molecule has 124 valence electrons. The summed E-state index contributed by atoms with van der Waals surface area (Å²) < 4.78 is 0. The van der Waals surface area contributed by atoms with Crippen LogP contribution in [0, 0.1) is 6.92 Å². The summed E-state index contributed by atoms with van der Waals surface area (Å²) in [6.07, 6.45) is -0.520. The molecule has 1 aliphatic rings. The molecule has 2 heterocycles. The van der Waals surface area contributed by atoms with Crippen LogP contribution in [0.1, 0.15) is 18.9 Å². The van der Waals surface area contributed by atoms with E-state index in [9.17, 15) is 15.0 Å². The summed E-state index contributed by atoms with van der Waals surface area (Å²) in [5, 5.41) is 20.6. The maximum Gasteiger partial charge on any atom is 0.233 e. The molecule has 2 atom stereocenters. The van der Waals surface area contributed by atoms with E-state index in [0.717, 1.165) is 16.6 Å². The third-order valence-electron chi connectivity index (χ3n) is 4.30. The molecule has 23 heavy (non-hydrogen) atoms.